The van der Waals surface area contributed by atoms with E-state index >= 15 is 0 Å². The molecule has 3 aromatic heterocycles. The van der Waals surface area contributed by atoms with Crippen LogP contribution in [0.5, 0.6) is 0 Å². The van der Waals surface area contributed by atoms with Crippen molar-refractivity contribution in [2.75, 3.05) is 31.1 Å². The monoisotopic (exact) mass is 400 g/mol. The molecule has 0 saturated carbocycles. The molecular weight excluding hydrogens is 375 g/mol. The first-order chi connectivity index (χ1) is 13.4. The molecule has 0 amide bonds. The third kappa shape index (κ3) is 3.71. The molecule has 28 heavy (non-hydrogen) atoms. The molecule has 1 aliphatic heterocycles. The van der Waals surface area contributed by atoms with Crippen LogP contribution in [-0.2, 0) is 0 Å². The summed E-state index contributed by atoms with van der Waals surface area (Å²) in [4.78, 5) is 22.4. The fourth-order valence-corrected chi connectivity index (χ4v) is 4.38. The smallest absolute Gasteiger partial charge is 0.171 e. The zero-order valence-corrected chi connectivity index (χ0v) is 17.5. The molecule has 8 heteroatoms. The second-order valence-electron chi connectivity index (χ2n) is 7.56. The number of hydrogen-bond acceptors (Lipinski definition) is 7. The number of nitrogens with zero attached hydrogens (tertiary/aromatic N) is 6. The minimum absolute atomic E-state index is 0.0897. The Kier molecular flexibility index (Phi) is 5.25. The lowest BCUT2D eigenvalue weighted by Gasteiger charge is -2.38. The van der Waals surface area contributed by atoms with Crippen molar-refractivity contribution in [3.63, 3.8) is 0 Å². The number of anilines is 1. The zero-order chi connectivity index (χ0) is 19.8. The maximum absolute atomic E-state index is 14.6. The molecule has 0 radical (unpaired) electrons. The standard InChI is InChI=1S/C20H25FN6S/c1-12(2)19-22-10-15(11-23-19)27-7-5-26(6-8-27)13(3)18-16(21)9-17-20(25-18)24-14(4)28-17/h9-13H,5-8H2,1-4H3. The number of piperazine rings is 1. The third-order valence-electron chi connectivity index (χ3n) is 5.27. The van der Waals surface area contributed by atoms with Crippen LogP contribution >= 0.6 is 11.3 Å². The number of halogens is 1. The summed E-state index contributed by atoms with van der Waals surface area (Å²) in [7, 11) is 0. The van der Waals surface area contributed by atoms with Crippen molar-refractivity contribution in [2.24, 2.45) is 0 Å². The molecular formula is C20H25FN6S. The van der Waals surface area contributed by atoms with Crippen LogP contribution in [0.1, 0.15) is 49.3 Å². The number of aromatic nitrogens is 4. The van der Waals surface area contributed by atoms with Crippen LogP contribution < -0.4 is 4.90 Å². The van der Waals surface area contributed by atoms with Crippen LogP contribution in [0, 0.1) is 12.7 Å². The summed E-state index contributed by atoms with van der Waals surface area (Å²) >= 11 is 1.48. The fraction of sp³-hybridized carbons (Fsp3) is 0.500. The van der Waals surface area contributed by atoms with Gasteiger partial charge < -0.3 is 4.90 Å². The number of rotatable bonds is 4. The first kappa shape index (κ1) is 19.1. The third-order valence-corrected chi connectivity index (χ3v) is 6.17. The van der Waals surface area contributed by atoms with Gasteiger partial charge in [0.1, 0.15) is 11.6 Å². The molecule has 4 heterocycles. The molecule has 1 aliphatic rings. The summed E-state index contributed by atoms with van der Waals surface area (Å²) in [5.74, 6) is 0.946. The fourth-order valence-electron chi connectivity index (χ4n) is 3.59. The predicted molar refractivity (Wildman–Crippen MR) is 110 cm³/mol. The van der Waals surface area contributed by atoms with E-state index in [4.69, 9.17) is 0 Å². The highest BCUT2D eigenvalue weighted by molar-refractivity contribution is 7.18. The van der Waals surface area contributed by atoms with Gasteiger partial charge >= 0.3 is 0 Å². The molecule has 0 bridgehead atoms. The molecule has 1 atom stereocenters. The Bertz CT molecular complexity index is 963. The SMILES string of the molecule is Cc1nc2nc(C(C)N3CCN(c4cnc(C(C)C)nc4)CC3)c(F)cc2s1. The van der Waals surface area contributed by atoms with Crippen LogP contribution in [0.3, 0.4) is 0 Å². The summed E-state index contributed by atoms with van der Waals surface area (Å²) in [6.45, 7) is 11.5. The molecule has 0 N–H and O–H groups in total. The number of pyridine rings is 1. The first-order valence-corrected chi connectivity index (χ1v) is 10.5. The van der Waals surface area contributed by atoms with Crippen molar-refractivity contribution >= 4 is 27.4 Å². The Labute approximate surface area is 168 Å². The lowest BCUT2D eigenvalue weighted by molar-refractivity contribution is 0.191. The second kappa shape index (κ2) is 7.67. The second-order valence-corrected chi connectivity index (χ2v) is 8.80. The van der Waals surface area contributed by atoms with Gasteiger partial charge in [0, 0.05) is 32.1 Å². The highest BCUT2D eigenvalue weighted by Crippen LogP contribution is 2.28. The predicted octanol–water partition coefficient (Wildman–Crippen LogP) is 3.94. The summed E-state index contributed by atoms with van der Waals surface area (Å²) in [5, 5.41) is 0.908. The quantitative estimate of drug-likeness (QED) is 0.661. The normalized spacial score (nSPS) is 16.9. The molecule has 0 spiro atoms. The maximum Gasteiger partial charge on any atom is 0.171 e. The van der Waals surface area contributed by atoms with Gasteiger partial charge in [0.05, 0.1) is 39.5 Å². The Morgan fingerprint density at radius 3 is 2.36 bits per heavy atom. The van der Waals surface area contributed by atoms with Gasteiger partial charge in [-0.25, -0.2) is 24.3 Å². The van der Waals surface area contributed by atoms with Crippen molar-refractivity contribution in [1.82, 2.24) is 24.8 Å². The van der Waals surface area contributed by atoms with Gasteiger partial charge in [-0.2, -0.15) is 0 Å². The van der Waals surface area contributed by atoms with E-state index in [2.05, 4.69) is 43.6 Å². The molecule has 1 saturated heterocycles. The summed E-state index contributed by atoms with van der Waals surface area (Å²) in [6, 6.07) is 1.48. The maximum atomic E-state index is 14.6. The van der Waals surface area contributed by atoms with Crippen LogP contribution in [0.15, 0.2) is 18.5 Å². The van der Waals surface area contributed by atoms with Gasteiger partial charge in [-0.3, -0.25) is 4.90 Å². The molecule has 1 unspecified atom stereocenters. The van der Waals surface area contributed by atoms with E-state index in [0.717, 1.165) is 47.4 Å². The average Bonchev–Trinajstić information content (AvgIpc) is 3.06. The molecule has 0 aliphatic carbocycles. The van der Waals surface area contributed by atoms with E-state index < -0.39 is 0 Å². The van der Waals surface area contributed by atoms with E-state index in [1.165, 1.54) is 11.3 Å². The Balaban J connectivity index is 1.45. The molecule has 1 fully saturated rings. The number of aryl methyl sites for hydroxylation is 1. The molecule has 0 aromatic carbocycles. The Hall–Kier alpha value is -2.19. The molecule has 4 rings (SSSR count). The average molecular weight is 401 g/mol. The van der Waals surface area contributed by atoms with Crippen molar-refractivity contribution < 1.29 is 4.39 Å². The van der Waals surface area contributed by atoms with Crippen LogP contribution in [0.25, 0.3) is 10.3 Å². The summed E-state index contributed by atoms with van der Waals surface area (Å²) in [5.41, 5.74) is 2.17. The minimum Gasteiger partial charge on any atom is -0.366 e. The zero-order valence-electron chi connectivity index (χ0n) is 16.7. The molecule has 6 nitrogen and oxygen atoms in total. The van der Waals surface area contributed by atoms with Crippen LogP contribution in [0.4, 0.5) is 10.1 Å². The summed E-state index contributed by atoms with van der Waals surface area (Å²) in [6.07, 6.45) is 3.81. The Morgan fingerprint density at radius 1 is 1.04 bits per heavy atom. The lowest BCUT2D eigenvalue weighted by atomic mass is 10.1. The van der Waals surface area contributed by atoms with Gasteiger partial charge in [0.15, 0.2) is 5.65 Å². The summed E-state index contributed by atoms with van der Waals surface area (Å²) < 4.78 is 15.4. The van der Waals surface area contributed by atoms with Crippen molar-refractivity contribution in [3.8, 4) is 0 Å². The van der Waals surface area contributed by atoms with Crippen molar-refractivity contribution in [2.45, 2.75) is 39.7 Å². The van der Waals surface area contributed by atoms with Crippen molar-refractivity contribution in [1.29, 1.82) is 0 Å². The van der Waals surface area contributed by atoms with E-state index in [-0.39, 0.29) is 11.9 Å². The highest BCUT2D eigenvalue weighted by Gasteiger charge is 2.26. The van der Waals surface area contributed by atoms with E-state index in [9.17, 15) is 4.39 Å². The van der Waals surface area contributed by atoms with Gasteiger partial charge in [0.25, 0.3) is 0 Å². The van der Waals surface area contributed by atoms with Crippen LogP contribution in [0.2, 0.25) is 0 Å². The topological polar surface area (TPSA) is 58.0 Å². The van der Waals surface area contributed by atoms with E-state index in [1.807, 2.05) is 26.2 Å². The lowest BCUT2D eigenvalue weighted by Crippen LogP contribution is -2.47. The van der Waals surface area contributed by atoms with Gasteiger partial charge in [-0.15, -0.1) is 11.3 Å². The van der Waals surface area contributed by atoms with E-state index in [1.54, 1.807) is 6.07 Å². The highest BCUT2D eigenvalue weighted by atomic mass is 32.1. The number of fused-ring (bicyclic) bond motifs is 1. The van der Waals surface area contributed by atoms with E-state index in [0.29, 0.717) is 17.3 Å². The van der Waals surface area contributed by atoms with Crippen molar-refractivity contribution in [3.05, 3.63) is 40.8 Å². The number of hydrogen-bond donors (Lipinski definition) is 0. The molecule has 3 aromatic rings. The largest absolute Gasteiger partial charge is 0.366 e. The Morgan fingerprint density at radius 2 is 1.71 bits per heavy atom. The van der Waals surface area contributed by atoms with Gasteiger partial charge in [-0.05, 0) is 19.9 Å². The molecule has 148 valence electrons. The number of thiazole rings is 1. The minimum atomic E-state index is -0.247. The van der Waals surface area contributed by atoms with Gasteiger partial charge in [-0.1, -0.05) is 13.8 Å². The first-order valence-electron chi connectivity index (χ1n) is 9.67. The van der Waals surface area contributed by atoms with Crippen LogP contribution in [-0.4, -0.2) is 51.0 Å². The van der Waals surface area contributed by atoms with Gasteiger partial charge in [0.2, 0.25) is 0 Å².